The van der Waals surface area contributed by atoms with Gasteiger partial charge in [0.15, 0.2) is 0 Å². The maximum atomic E-state index is 13.7. The van der Waals surface area contributed by atoms with Crippen molar-refractivity contribution < 1.29 is 8.78 Å². The van der Waals surface area contributed by atoms with Crippen LogP contribution < -0.4 is 10.2 Å². The molecule has 1 aromatic carbocycles. The average molecular weight is 319 g/mol. The van der Waals surface area contributed by atoms with Crippen LogP contribution >= 0.6 is 0 Å². The SMILES string of the molecule is CCN1CCN(c2ccnc(Nc3c(F)cccc3F)n2)CC1. The van der Waals surface area contributed by atoms with Gasteiger partial charge < -0.3 is 15.1 Å². The Labute approximate surface area is 134 Å². The minimum absolute atomic E-state index is 0.185. The first-order valence-corrected chi connectivity index (χ1v) is 7.68. The average Bonchev–Trinajstić information content (AvgIpc) is 2.59. The molecule has 0 aliphatic carbocycles. The largest absolute Gasteiger partial charge is 0.354 e. The number of piperazine rings is 1. The molecule has 2 aromatic rings. The highest BCUT2D eigenvalue weighted by molar-refractivity contribution is 5.56. The summed E-state index contributed by atoms with van der Waals surface area (Å²) in [5.74, 6) is -0.398. The summed E-state index contributed by atoms with van der Waals surface area (Å²) in [6.45, 7) is 6.88. The highest BCUT2D eigenvalue weighted by Gasteiger charge is 2.17. The number of anilines is 3. The lowest BCUT2D eigenvalue weighted by Crippen LogP contribution is -2.46. The fourth-order valence-electron chi connectivity index (χ4n) is 2.61. The van der Waals surface area contributed by atoms with Crippen molar-refractivity contribution in [3.05, 3.63) is 42.1 Å². The second-order valence-electron chi connectivity index (χ2n) is 5.38. The highest BCUT2D eigenvalue weighted by atomic mass is 19.1. The van der Waals surface area contributed by atoms with Gasteiger partial charge in [0.1, 0.15) is 23.1 Å². The van der Waals surface area contributed by atoms with Gasteiger partial charge in [0.25, 0.3) is 0 Å². The molecule has 1 fully saturated rings. The van der Waals surface area contributed by atoms with Crippen LogP contribution in [0.2, 0.25) is 0 Å². The van der Waals surface area contributed by atoms with Gasteiger partial charge in [0.2, 0.25) is 5.95 Å². The van der Waals surface area contributed by atoms with Crippen LogP contribution in [-0.4, -0.2) is 47.6 Å². The van der Waals surface area contributed by atoms with E-state index in [9.17, 15) is 8.78 Å². The van der Waals surface area contributed by atoms with Crippen molar-refractivity contribution in [1.82, 2.24) is 14.9 Å². The van der Waals surface area contributed by atoms with Crippen molar-refractivity contribution >= 4 is 17.5 Å². The molecule has 1 aliphatic heterocycles. The maximum absolute atomic E-state index is 13.7. The van der Waals surface area contributed by atoms with E-state index < -0.39 is 11.6 Å². The van der Waals surface area contributed by atoms with Crippen LogP contribution in [0.4, 0.5) is 26.2 Å². The fourth-order valence-corrected chi connectivity index (χ4v) is 2.61. The predicted octanol–water partition coefficient (Wildman–Crippen LogP) is 2.64. The van der Waals surface area contributed by atoms with Crippen molar-refractivity contribution in [3.8, 4) is 0 Å². The molecule has 0 saturated carbocycles. The van der Waals surface area contributed by atoms with Crippen LogP contribution in [0.3, 0.4) is 0 Å². The van der Waals surface area contributed by atoms with Gasteiger partial charge in [-0.05, 0) is 24.7 Å². The summed E-state index contributed by atoms with van der Waals surface area (Å²) in [7, 11) is 0. The van der Waals surface area contributed by atoms with E-state index in [1.54, 1.807) is 6.20 Å². The van der Waals surface area contributed by atoms with Gasteiger partial charge in [-0.1, -0.05) is 13.0 Å². The van der Waals surface area contributed by atoms with Crippen LogP contribution in [-0.2, 0) is 0 Å². The van der Waals surface area contributed by atoms with E-state index in [0.717, 1.165) is 38.5 Å². The van der Waals surface area contributed by atoms with Crippen LogP contribution in [0, 0.1) is 11.6 Å². The molecule has 23 heavy (non-hydrogen) atoms. The summed E-state index contributed by atoms with van der Waals surface area (Å²) < 4.78 is 27.4. The Balaban J connectivity index is 1.75. The van der Waals surface area contributed by atoms with Crippen molar-refractivity contribution in [2.45, 2.75) is 6.92 Å². The van der Waals surface area contributed by atoms with E-state index in [1.165, 1.54) is 18.2 Å². The van der Waals surface area contributed by atoms with E-state index in [2.05, 4.69) is 32.0 Å². The molecule has 2 heterocycles. The first-order valence-electron chi connectivity index (χ1n) is 7.68. The molecule has 1 aliphatic rings. The number of rotatable bonds is 4. The number of hydrogen-bond acceptors (Lipinski definition) is 5. The lowest BCUT2D eigenvalue weighted by atomic mass is 10.3. The Kier molecular flexibility index (Phi) is 4.66. The summed E-state index contributed by atoms with van der Waals surface area (Å²) in [6.07, 6.45) is 1.59. The molecule has 0 amide bonds. The molecule has 0 unspecified atom stereocenters. The first-order chi connectivity index (χ1) is 11.2. The van der Waals surface area contributed by atoms with Gasteiger partial charge in [0.05, 0.1) is 0 Å². The van der Waals surface area contributed by atoms with Crippen LogP contribution in [0.15, 0.2) is 30.5 Å². The van der Waals surface area contributed by atoms with Crippen molar-refractivity contribution in [2.24, 2.45) is 0 Å². The molecule has 0 bridgehead atoms. The fraction of sp³-hybridized carbons (Fsp3) is 0.375. The van der Waals surface area contributed by atoms with Gasteiger partial charge in [0, 0.05) is 32.4 Å². The Morgan fingerprint density at radius 2 is 1.78 bits per heavy atom. The molecule has 5 nitrogen and oxygen atoms in total. The molecule has 0 atom stereocenters. The highest BCUT2D eigenvalue weighted by Crippen LogP contribution is 2.22. The zero-order valence-electron chi connectivity index (χ0n) is 13.0. The van der Waals surface area contributed by atoms with E-state index in [-0.39, 0.29) is 11.6 Å². The quantitative estimate of drug-likeness (QED) is 0.938. The van der Waals surface area contributed by atoms with Gasteiger partial charge in [-0.15, -0.1) is 0 Å². The van der Waals surface area contributed by atoms with Crippen molar-refractivity contribution in [1.29, 1.82) is 0 Å². The van der Waals surface area contributed by atoms with E-state index in [0.29, 0.717) is 0 Å². The number of para-hydroxylation sites is 1. The minimum atomic E-state index is -0.671. The molecule has 122 valence electrons. The molecular weight excluding hydrogens is 300 g/mol. The smallest absolute Gasteiger partial charge is 0.229 e. The number of benzene rings is 1. The van der Waals surface area contributed by atoms with E-state index >= 15 is 0 Å². The van der Waals surface area contributed by atoms with Gasteiger partial charge in [-0.2, -0.15) is 4.98 Å². The second kappa shape index (κ2) is 6.87. The van der Waals surface area contributed by atoms with Crippen LogP contribution in [0.1, 0.15) is 6.92 Å². The monoisotopic (exact) mass is 319 g/mol. The normalized spacial score (nSPS) is 15.7. The Hall–Kier alpha value is -2.28. The van der Waals surface area contributed by atoms with Crippen LogP contribution in [0.25, 0.3) is 0 Å². The molecule has 0 radical (unpaired) electrons. The molecule has 7 heteroatoms. The maximum Gasteiger partial charge on any atom is 0.229 e. The Morgan fingerprint density at radius 3 is 2.43 bits per heavy atom. The topological polar surface area (TPSA) is 44.3 Å². The number of aromatic nitrogens is 2. The number of halogens is 2. The van der Waals surface area contributed by atoms with Gasteiger partial charge in [-0.25, -0.2) is 13.8 Å². The lowest BCUT2D eigenvalue weighted by molar-refractivity contribution is 0.270. The molecule has 0 spiro atoms. The molecular formula is C16H19F2N5. The summed E-state index contributed by atoms with van der Waals surface area (Å²) in [5, 5.41) is 2.63. The molecule has 3 rings (SSSR count). The van der Waals surface area contributed by atoms with Crippen molar-refractivity contribution in [3.63, 3.8) is 0 Å². The van der Waals surface area contributed by atoms with E-state index in [1.807, 2.05) is 6.07 Å². The first kappa shape index (κ1) is 15.6. The van der Waals surface area contributed by atoms with Gasteiger partial charge >= 0.3 is 0 Å². The summed E-state index contributed by atoms with van der Waals surface area (Å²) in [6, 6.07) is 5.52. The third-order valence-electron chi connectivity index (χ3n) is 3.98. The third-order valence-corrected chi connectivity index (χ3v) is 3.98. The lowest BCUT2D eigenvalue weighted by Gasteiger charge is -2.34. The van der Waals surface area contributed by atoms with Gasteiger partial charge in [-0.3, -0.25) is 0 Å². The molecule has 1 N–H and O–H groups in total. The summed E-state index contributed by atoms with van der Waals surface area (Å²) >= 11 is 0. The third kappa shape index (κ3) is 3.56. The number of hydrogen-bond donors (Lipinski definition) is 1. The van der Waals surface area contributed by atoms with Crippen molar-refractivity contribution in [2.75, 3.05) is 42.9 Å². The standard InChI is InChI=1S/C16H19F2N5/c1-2-22-8-10-23(11-9-22)14-6-7-19-16(20-14)21-15-12(17)4-3-5-13(15)18/h3-7H,2,8-11H2,1H3,(H,19,20,21). The second-order valence-corrected chi connectivity index (χ2v) is 5.38. The molecule has 1 aromatic heterocycles. The van der Waals surface area contributed by atoms with Crippen LogP contribution in [0.5, 0.6) is 0 Å². The molecule has 1 saturated heterocycles. The Bertz CT molecular complexity index is 651. The van der Waals surface area contributed by atoms with E-state index in [4.69, 9.17) is 0 Å². The number of nitrogens with one attached hydrogen (secondary N) is 1. The Morgan fingerprint density at radius 1 is 1.09 bits per heavy atom. The zero-order valence-corrected chi connectivity index (χ0v) is 13.0. The predicted molar refractivity (Wildman–Crippen MR) is 86.0 cm³/mol. The number of likely N-dealkylation sites (N-methyl/N-ethyl adjacent to an activating group) is 1. The number of nitrogens with zero attached hydrogens (tertiary/aromatic N) is 4. The minimum Gasteiger partial charge on any atom is -0.354 e. The zero-order chi connectivity index (χ0) is 16.2. The summed E-state index contributed by atoms with van der Waals surface area (Å²) in [5.41, 5.74) is -0.236. The summed E-state index contributed by atoms with van der Waals surface area (Å²) in [4.78, 5) is 12.9.